The van der Waals surface area contributed by atoms with Gasteiger partial charge in [-0.3, -0.25) is 4.98 Å². The zero-order valence-electron chi connectivity index (χ0n) is 9.81. The van der Waals surface area contributed by atoms with Gasteiger partial charge < -0.3 is 9.80 Å². The van der Waals surface area contributed by atoms with Crippen molar-refractivity contribution in [2.75, 3.05) is 37.6 Å². The smallest absolute Gasteiger partial charge is 0.347 e. The Bertz CT molecular complexity index is 481. The molecule has 1 aliphatic rings. The van der Waals surface area contributed by atoms with E-state index in [9.17, 15) is 4.79 Å². The molecule has 6 heteroatoms. The number of hydrogen-bond donors (Lipinski definition) is 1. The maximum atomic E-state index is 11.3. The maximum absolute atomic E-state index is 11.3. The van der Waals surface area contributed by atoms with Crippen molar-refractivity contribution in [1.29, 1.82) is 5.26 Å². The number of rotatable bonds is 2. The van der Waals surface area contributed by atoms with E-state index in [0.29, 0.717) is 5.82 Å². The third-order valence-electron chi connectivity index (χ3n) is 3.00. The highest BCUT2D eigenvalue weighted by Crippen LogP contribution is 2.12. The zero-order valence-corrected chi connectivity index (χ0v) is 9.81. The Balaban J connectivity index is 2.16. The molecule has 6 nitrogen and oxygen atoms in total. The standard InChI is InChI=1S/C11H15N5O/c1-2-15-3-5-16(6-4-15)10-7-9(8-12)13-11(17)14-10/h7H,2-6H2,1H3,(H,13,14,17). The number of nitrogens with zero attached hydrogens (tertiary/aromatic N) is 4. The van der Waals surface area contributed by atoms with Crippen LogP contribution in [0.3, 0.4) is 0 Å². The molecule has 0 radical (unpaired) electrons. The molecule has 1 aromatic rings. The van der Waals surface area contributed by atoms with E-state index in [4.69, 9.17) is 5.26 Å². The Kier molecular flexibility index (Phi) is 3.40. The van der Waals surface area contributed by atoms with Crippen LogP contribution in [0.4, 0.5) is 5.82 Å². The van der Waals surface area contributed by atoms with Crippen LogP contribution in [0.2, 0.25) is 0 Å². The molecular formula is C11H15N5O. The summed E-state index contributed by atoms with van der Waals surface area (Å²) in [7, 11) is 0. The van der Waals surface area contributed by atoms with Crippen molar-refractivity contribution in [1.82, 2.24) is 14.9 Å². The quantitative estimate of drug-likeness (QED) is 0.764. The summed E-state index contributed by atoms with van der Waals surface area (Å²) >= 11 is 0. The summed E-state index contributed by atoms with van der Waals surface area (Å²) in [4.78, 5) is 22.0. The number of aromatic nitrogens is 2. The van der Waals surface area contributed by atoms with Crippen LogP contribution in [-0.2, 0) is 0 Å². The highest BCUT2D eigenvalue weighted by atomic mass is 16.1. The van der Waals surface area contributed by atoms with Gasteiger partial charge >= 0.3 is 5.69 Å². The minimum Gasteiger partial charge on any atom is -0.354 e. The van der Waals surface area contributed by atoms with Crippen LogP contribution < -0.4 is 10.6 Å². The van der Waals surface area contributed by atoms with E-state index in [1.807, 2.05) is 11.0 Å². The van der Waals surface area contributed by atoms with Gasteiger partial charge in [-0.1, -0.05) is 6.92 Å². The number of piperazine rings is 1. The summed E-state index contributed by atoms with van der Waals surface area (Å²) in [6.45, 7) is 6.79. The lowest BCUT2D eigenvalue weighted by Gasteiger charge is -2.34. The minimum atomic E-state index is -0.461. The van der Waals surface area contributed by atoms with Gasteiger partial charge in [0.1, 0.15) is 17.6 Å². The largest absolute Gasteiger partial charge is 0.354 e. The van der Waals surface area contributed by atoms with Crippen LogP contribution in [0.15, 0.2) is 10.9 Å². The number of nitrogens with one attached hydrogen (secondary N) is 1. The molecule has 0 amide bonds. The van der Waals surface area contributed by atoms with Crippen molar-refractivity contribution in [3.05, 3.63) is 22.2 Å². The summed E-state index contributed by atoms with van der Waals surface area (Å²) in [5, 5.41) is 8.79. The first-order valence-electron chi connectivity index (χ1n) is 5.71. The van der Waals surface area contributed by atoms with Gasteiger partial charge in [-0.05, 0) is 6.54 Å². The van der Waals surface area contributed by atoms with Gasteiger partial charge in [0.2, 0.25) is 0 Å². The predicted octanol–water partition coefficient (Wildman–Crippen LogP) is -0.217. The first kappa shape index (κ1) is 11.6. The molecule has 0 spiro atoms. The molecule has 0 bridgehead atoms. The molecule has 2 rings (SSSR count). The number of likely N-dealkylation sites (N-methyl/N-ethyl adjacent to an activating group) is 1. The van der Waals surface area contributed by atoms with E-state index in [2.05, 4.69) is 21.8 Å². The second-order valence-corrected chi connectivity index (χ2v) is 3.99. The molecule has 1 saturated heterocycles. The summed E-state index contributed by atoms with van der Waals surface area (Å²) < 4.78 is 0. The lowest BCUT2D eigenvalue weighted by Crippen LogP contribution is -2.46. The van der Waals surface area contributed by atoms with Crippen molar-refractivity contribution in [3.63, 3.8) is 0 Å². The molecule has 0 saturated carbocycles. The van der Waals surface area contributed by atoms with Gasteiger partial charge in [-0.25, -0.2) is 4.79 Å². The Morgan fingerprint density at radius 2 is 2.18 bits per heavy atom. The minimum absolute atomic E-state index is 0.262. The highest BCUT2D eigenvalue weighted by Gasteiger charge is 2.17. The summed E-state index contributed by atoms with van der Waals surface area (Å²) in [6, 6.07) is 3.56. The lowest BCUT2D eigenvalue weighted by molar-refractivity contribution is 0.270. The van der Waals surface area contributed by atoms with Crippen LogP contribution in [0.1, 0.15) is 12.6 Å². The first-order valence-corrected chi connectivity index (χ1v) is 5.71. The fraction of sp³-hybridized carbons (Fsp3) is 0.545. The summed E-state index contributed by atoms with van der Waals surface area (Å²) in [5.74, 6) is 0.598. The molecule has 0 aromatic carbocycles. The van der Waals surface area contributed by atoms with Gasteiger partial charge in [-0.2, -0.15) is 10.2 Å². The predicted molar refractivity (Wildman–Crippen MR) is 63.9 cm³/mol. The normalized spacial score (nSPS) is 16.8. The molecule has 1 N–H and O–H groups in total. The lowest BCUT2D eigenvalue weighted by atomic mass is 10.3. The van der Waals surface area contributed by atoms with Gasteiger partial charge in [0.15, 0.2) is 0 Å². The van der Waals surface area contributed by atoms with Gasteiger partial charge in [0.05, 0.1) is 0 Å². The van der Waals surface area contributed by atoms with Crippen molar-refractivity contribution >= 4 is 5.82 Å². The topological polar surface area (TPSA) is 76.0 Å². The zero-order chi connectivity index (χ0) is 12.3. The molecule has 1 fully saturated rings. The van der Waals surface area contributed by atoms with Crippen molar-refractivity contribution in [2.24, 2.45) is 0 Å². The fourth-order valence-electron chi connectivity index (χ4n) is 1.96. The van der Waals surface area contributed by atoms with Crippen molar-refractivity contribution in [3.8, 4) is 6.07 Å². The Labute approximate surface area is 99.5 Å². The molecule has 1 aliphatic heterocycles. The number of aromatic amines is 1. The van der Waals surface area contributed by atoms with E-state index >= 15 is 0 Å². The van der Waals surface area contributed by atoms with Gasteiger partial charge in [0, 0.05) is 32.2 Å². The number of anilines is 1. The summed E-state index contributed by atoms with van der Waals surface area (Å²) in [6.07, 6.45) is 0. The molecule has 1 aromatic heterocycles. The SMILES string of the molecule is CCN1CCN(c2cc(C#N)[nH]c(=O)n2)CC1. The molecule has 0 aliphatic carbocycles. The third-order valence-corrected chi connectivity index (χ3v) is 3.00. The van der Waals surface area contributed by atoms with E-state index in [0.717, 1.165) is 32.7 Å². The van der Waals surface area contributed by atoms with Crippen LogP contribution in [-0.4, -0.2) is 47.6 Å². The summed E-state index contributed by atoms with van der Waals surface area (Å²) in [5.41, 5.74) is -0.199. The third kappa shape index (κ3) is 2.63. The van der Waals surface area contributed by atoms with Gasteiger partial charge in [0.25, 0.3) is 0 Å². The maximum Gasteiger partial charge on any atom is 0.347 e. The molecular weight excluding hydrogens is 218 g/mol. The number of nitriles is 1. The average molecular weight is 233 g/mol. The number of H-pyrrole nitrogens is 1. The second kappa shape index (κ2) is 4.97. The fourth-order valence-corrected chi connectivity index (χ4v) is 1.96. The van der Waals surface area contributed by atoms with Gasteiger partial charge in [-0.15, -0.1) is 0 Å². The Morgan fingerprint density at radius 1 is 1.47 bits per heavy atom. The molecule has 0 unspecified atom stereocenters. The van der Waals surface area contributed by atoms with Crippen LogP contribution >= 0.6 is 0 Å². The van der Waals surface area contributed by atoms with E-state index in [1.54, 1.807) is 6.07 Å². The number of hydrogen-bond acceptors (Lipinski definition) is 5. The first-order chi connectivity index (χ1) is 8.22. The van der Waals surface area contributed by atoms with Crippen molar-refractivity contribution in [2.45, 2.75) is 6.92 Å². The molecule has 90 valence electrons. The average Bonchev–Trinajstić information content (AvgIpc) is 2.38. The highest BCUT2D eigenvalue weighted by molar-refractivity contribution is 5.42. The molecule has 2 heterocycles. The monoisotopic (exact) mass is 233 g/mol. The molecule has 17 heavy (non-hydrogen) atoms. The molecule has 0 atom stereocenters. The van der Waals surface area contributed by atoms with Crippen LogP contribution in [0, 0.1) is 11.3 Å². The van der Waals surface area contributed by atoms with Crippen LogP contribution in [0.5, 0.6) is 0 Å². The van der Waals surface area contributed by atoms with E-state index < -0.39 is 5.69 Å². The van der Waals surface area contributed by atoms with Crippen molar-refractivity contribution < 1.29 is 0 Å². The Morgan fingerprint density at radius 3 is 2.76 bits per heavy atom. The van der Waals surface area contributed by atoms with Crippen LogP contribution in [0.25, 0.3) is 0 Å². The second-order valence-electron chi connectivity index (χ2n) is 3.99. The van der Waals surface area contributed by atoms with E-state index in [1.165, 1.54) is 0 Å². The Hall–Kier alpha value is -1.87. The van der Waals surface area contributed by atoms with E-state index in [-0.39, 0.29) is 5.69 Å².